The van der Waals surface area contributed by atoms with Gasteiger partial charge in [0, 0.05) is 0 Å². The number of rotatable bonds is 12. The summed E-state index contributed by atoms with van der Waals surface area (Å²) >= 11 is 0. The molecular formula is C18H39P. The van der Waals surface area contributed by atoms with E-state index in [1.54, 1.807) is 0 Å². The van der Waals surface area contributed by atoms with E-state index in [2.05, 4.69) is 41.5 Å². The highest BCUT2D eigenvalue weighted by Gasteiger charge is 2.09. The fraction of sp³-hybridized carbons (Fsp3) is 1.00. The molecule has 0 aliphatic carbocycles. The molecule has 0 bridgehead atoms. The van der Waals surface area contributed by atoms with Crippen molar-refractivity contribution in [3.8, 4) is 0 Å². The Morgan fingerprint density at radius 2 is 1.42 bits per heavy atom. The lowest BCUT2D eigenvalue weighted by molar-refractivity contribution is 0.369. The Kier molecular flexibility index (Phi) is 12.5. The standard InChI is InChI=1S/C18H39P/c1-7-17(5)18(6)12-14-19-13-8-9-16(4)11-10-15(2)3/h15-19H,7-14H2,1-6H3. The molecular weight excluding hydrogens is 247 g/mol. The quantitative estimate of drug-likeness (QED) is 0.280. The summed E-state index contributed by atoms with van der Waals surface area (Å²) in [6, 6.07) is 0. The molecule has 0 heterocycles. The van der Waals surface area contributed by atoms with Gasteiger partial charge in [0.1, 0.15) is 0 Å². The lowest BCUT2D eigenvalue weighted by atomic mass is 9.92. The van der Waals surface area contributed by atoms with Gasteiger partial charge < -0.3 is 0 Å². The molecule has 4 atom stereocenters. The van der Waals surface area contributed by atoms with Gasteiger partial charge in [-0.15, -0.1) is 8.58 Å². The third-order valence-corrected chi connectivity index (χ3v) is 6.03. The molecule has 19 heavy (non-hydrogen) atoms. The predicted molar refractivity (Wildman–Crippen MR) is 93.8 cm³/mol. The van der Waals surface area contributed by atoms with Crippen LogP contribution < -0.4 is 0 Å². The normalized spacial score (nSPS) is 17.2. The van der Waals surface area contributed by atoms with Crippen LogP contribution >= 0.6 is 8.58 Å². The van der Waals surface area contributed by atoms with Crippen LogP contribution in [0.15, 0.2) is 0 Å². The Hall–Kier alpha value is 0.430. The second-order valence-electron chi connectivity index (χ2n) is 7.12. The molecule has 1 heteroatoms. The van der Waals surface area contributed by atoms with Gasteiger partial charge in [0.25, 0.3) is 0 Å². The summed E-state index contributed by atoms with van der Waals surface area (Å²) in [7, 11) is 1.22. The minimum absolute atomic E-state index is 0.881. The van der Waals surface area contributed by atoms with Gasteiger partial charge in [-0.1, -0.05) is 67.2 Å². The van der Waals surface area contributed by atoms with E-state index in [0.29, 0.717) is 0 Å². The highest BCUT2D eigenvalue weighted by atomic mass is 31.1. The average Bonchev–Trinajstić information content (AvgIpc) is 2.38. The third-order valence-electron chi connectivity index (χ3n) is 4.68. The van der Waals surface area contributed by atoms with Crippen LogP contribution in [0.25, 0.3) is 0 Å². The highest BCUT2D eigenvalue weighted by Crippen LogP contribution is 2.24. The summed E-state index contributed by atoms with van der Waals surface area (Å²) in [4.78, 5) is 0. The predicted octanol–water partition coefficient (Wildman–Crippen LogP) is 6.59. The van der Waals surface area contributed by atoms with E-state index >= 15 is 0 Å². The molecule has 0 nitrogen and oxygen atoms in total. The summed E-state index contributed by atoms with van der Waals surface area (Å²) in [6.45, 7) is 14.3. The summed E-state index contributed by atoms with van der Waals surface area (Å²) in [5, 5.41) is 0. The molecule has 0 spiro atoms. The van der Waals surface area contributed by atoms with Gasteiger partial charge in [0.15, 0.2) is 0 Å². The second kappa shape index (κ2) is 12.2. The molecule has 0 aliphatic heterocycles. The van der Waals surface area contributed by atoms with Gasteiger partial charge in [0.05, 0.1) is 0 Å². The van der Waals surface area contributed by atoms with Gasteiger partial charge in [0.2, 0.25) is 0 Å². The molecule has 4 unspecified atom stereocenters. The molecule has 0 aromatic carbocycles. The SMILES string of the molecule is CCC(C)C(C)CCPCCCC(C)CCC(C)C. The molecule has 0 aliphatic rings. The average molecular weight is 286 g/mol. The Balaban J connectivity index is 3.35. The highest BCUT2D eigenvalue weighted by molar-refractivity contribution is 7.37. The summed E-state index contributed by atoms with van der Waals surface area (Å²) in [5.74, 6) is 3.68. The van der Waals surface area contributed by atoms with E-state index in [4.69, 9.17) is 0 Å². The largest absolute Gasteiger partial charge is 0.122 e. The zero-order valence-corrected chi connectivity index (χ0v) is 15.5. The molecule has 0 N–H and O–H groups in total. The molecule has 0 aromatic rings. The van der Waals surface area contributed by atoms with Crippen molar-refractivity contribution in [3.63, 3.8) is 0 Å². The molecule has 0 rings (SSSR count). The topological polar surface area (TPSA) is 0 Å². The van der Waals surface area contributed by atoms with E-state index in [-0.39, 0.29) is 0 Å². The van der Waals surface area contributed by atoms with Crippen LogP contribution in [0.3, 0.4) is 0 Å². The Bertz CT molecular complexity index is 188. The Labute approximate surface area is 125 Å². The maximum Gasteiger partial charge on any atom is -0.0351 e. The summed E-state index contributed by atoms with van der Waals surface area (Å²) in [6.07, 6.45) is 11.5. The third kappa shape index (κ3) is 11.9. The zero-order valence-electron chi connectivity index (χ0n) is 14.5. The van der Waals surface area contributed by atoms with Crippen molar-refractivity contribution in [2.45, 2.75) is 80.1 Å². The van der Waals surface area contributed by atoms with Crippen molar-refractivity contribution in [1.29, 1.82) is 0 Å². The maximum atomic E-state index is 2.44. The first-order valence-corrected chi connectivity index (χ1v) is 10.1. The fourth-order valence-corrected chi connectivity index (χ4v) is 3.84. The van der Waals surface area contributed by atoms with E-state index in [9.17, 15) is 0 Å². The van der Waals surface area contributed by atoms with Crippen molar-refractivity contribution >= 4 is 8.58 Å². The van der Waals surface area contributed by atoms with Crippen LogP contribution in [0, 0.1) is 23.7 Å². The van der Waals surface area contributed by atoms with Crippen LogP contribution in [-0.2, 0) is 0 Å². The first-order valence-electron chi connectivity index (χ1n) is 8.68. The van der Waals surface area contributed by atoms with E-state index in [1.165, 1.54) is 59.4 Å². The molecule has 0 radical (unpaired) electrons. The van der Waals surface area contributed by atoms with Gasteiger partial charge in [-0.2, -0.15) is 0 Å². The van der Waals surface area contributed by atoms with Crippen LogP contribution in [0.2, 0.25) is 0 Å². The van der Waals surface area contributed by atoms with E-state index < -0.39 is 0 Å². The lowest BCUT2D eigenvalue weighted by Gasteiger charge is -2.18. The van der Waals surface area contributed by atoms with Crippen LogP contribution in [-0.4, -0.2) is 12.3 Å². The fourth-order valence-electron chi connectivity index (χ4n) is 2.48. The molecule has 0 saturated heterocycles. The van der Waals surface area contributed by atoms with Gasteiger partial charge in [-0.3, -0.25) is 0 Å². The zero-order chi connectivity index (χ0) is 14.7. The van der Waals surface area contributed by atoms with Crippen molar-refractivity contribution < 1.29 is 0 Å². The molecule has 0 aromatic heterocycles. The first kappa shape index (κ1) is 19.4. The van der Waals surface area contributed by atoms with Crippen molar-refractivity contribution in [2.24, 2.45) is 23.7 Å². The van der Waals surface area contributed by atoms with E-state index in [1.807, 2.05) is 0 Å². The van der Waals surface area contributed by atoms with E-state index in [0.717, 1.165) is 23.7 Å². The maximum absolute atomic E-state index is 2.44. The van der Waals surface area contributed by atoms with Crippen LogP contribution in [0.1, 0.15) is 80.1 Å². The molecule has 0 amide bonds. The second-order valence-corrected chi connectivity index (χ2v) is 8.62. The van der Waals surface area contributed by atoms with Gasteiger partial charge in [-0.25, -0.2) is 0 Å². The molecule has 0 saturated carbocycles. The summed E-state index contributed by atoms with van der Waals surface area (Å²) < 4.78 is 0. The number of hydrogen-bond acceptors (Lipinski definition) is 0. The minimum Gasteiger partial charge on any atom is -0.122 e. The minimum atomic E-state index is 0.881. The first-order chi connectivity index (χ1) is 8.97. The van der Waals surface area contributed by atoms with Crippen molar-refractivity contribution in [3.05, 3.63) is 0 Å². The van der Waals surface area contributed by atoms with Crippen LogP contribution in [0.4, 0.5) is 0 Å². The smallest absolute Gasteiger partial charge is 0.0351 e. The van der Waals surface area contributed by atoms with Gasteiger partial charge >= 0.3 is 0 Å². The van der Waals surface area contributed by atoms with Crippen molar-refractivity contribution in [1.82, 2.24) is 0 Å². The van der Waals surface area contributed by atoms with Gasteiger partial charge in [-0.05, 0) is 48.8 Å². The molecule has 116 valence electrons. The van der Waals surface area contributed by atoms with Crippen molar-refractivity contribution in [2.75, 3.05) is 12.3 Å². The number of hydrogen-bond donors (Lipinski definition) is 0. The molecule has 0 fully saturated rings. The summed E-state index contributed by atoms with van der Waals surface area (Å²) in [5.41, 5.74) is 0. The Morgan fingerprint density at radius 1 is 0.737 bits per heavy atom. The monoisotopic (exact) mass is 286 g/mol. The Morgan fingerprint density at radius 3 is 2.00 bits per heavy atom. The lowest BCUT2D eigenvalue weighted by Crippen LogP contribution is -2.07. The van der Waals surface area contributed by atoms with Crippen LogP contribution in [0.5, 0.6) is 0 Å².